The lowest BCUT2D eigenvalue weighted by atomic mass is 9.97. The number of unbranched alkanes of at least 4 members (excludes halogenated alkanes) is 1. The maximum atomic E-state index is 11.9. The minimum atomic E-state index is -0.371. The Morgan fingerprint density at radius 2 is 2.16 bits per heavy atom. The summed E-state index contributed by atoms with van der Waals surface area (Å²) in [5.74, 6) is 0.647. The van der Waals surface area contributed by atoms with Crippen LogP contribution in [0.4, 0.5) is 5.82 Å². The molecular weight excluding hydrogens is 242 g/mol. The number of carbonyl (C=O) groups is 1. The zero-order valence-corrected chi connectivity index (χ0v) is 11.8. The van der Waals surface area contributed by atoms with E-state index in [4.69, 9.17) is 10.5 Å². The molecule has 1 aliphatic carbocycles. The van der Waals surface area contributed by atoms with E-state index in [1.165, 1.54) is 20.0 Å². The number of anilines is 1. The number of hydrogen-bond acceptors (Lipinski definition) is 4. The molecular formula is C14H23N3O2. The van der Waals surface area contributed by atoms with E-state index < -0.39 is 0 Å². The van der Waals surface area contributed by atoms with Crippen LogP contribution in [-0.4, -0.2) is 22.9 Å². The molecule has 0 aliphatic heterocycles. The lowest BCUT2D eigenvalue weighted by Gasteiger charge is -2.10. The number of nitrogens with zero attached hydrogens (tertiary/aromatic N) is 2. The molecule has 5 nitrogen and oxygen atoms in total. The summed E-state index contributed by atoms with van der Waals surface area (Å²) >= 11 is 0. The van der Waals surface area contributed by atoms with Crippen molar-refractivity contribution in [2.75, 3.05) is 12.8 Å². The van der Waals surface area contributed by atoms with Gasteiger partial charge in [-0.05, 0) is 25.2 Å². The molecule has 0 bridgehead atoms. The van der Waals surface area contributed by atoms with Crippen LogP contribution in [0.25, 0.3) is 0 Å². The molecule has 0 amide bonds. The summed E-state index contributed by atoms with van der Waals surface area (Å²) in [6, 6.07) is 0. The number of rotatable bonds is 5. The number of hydrogen-bond donors (Lipinski definition) is 1. The molecule has 0 atom stereocenters. The lowest BCUT2D eigenvalue weighted by molar-refractivity contribution is 0.0591. The van der Waals surface area contributed by atoms with Crippen LogP contribution in [0.5, 0.6) is 0 Å². The number of aromatic nitrogens is 2. The summed E-state index contributed by atoms with van der Waals surface area (Å²) in [4.78, 5) is 11.9. The predicted octanol–water partition coefficient (Wildman–Crippen LogP) is 2.71. The molecule has 1 fully saturated rings. The van der Waals surface area contributed by atoms with E-state index in [1.54, 1.807) is 4.68 Å². The quantitative estimate of drug-likeness (QED) is 0.831. The Bertz CT molecular complexity index is 448. The smallest absolute Gasteiger partial charge is 0.358 e. The lowest BCUT2D eigenvalue weighted by Crippen LogP contribution is -2.08. The Labute approximate surface area is 114 Å². The predicted molar refractivity (Wildman–Crippen MR) is 74.1 cm³/mol. The van der Waals surface area contributed by atoms with Crippen molar-refractivity contribution in [1.29, 1.82) is 0 Å². The molecule has 1 aromatic rings. The van der Waals surface area contributed by atoms with E-state index in [1.807, 2.05) is 0 Å². The molecule has 0 spiro atoms. The van der Waals surface area contributed by atoms with Gasteiger partial charge in [0.2, 0.25) is 0 Å². The number of esters is 1. The molecule has 1 heterocycles. The first-order valence-electron chi connectivity index (χ1n) is 7.13. The van der Waals surface area contributed by atoms with E-state index in [0.29, 0.717) is 17.4 Å². The summed E-state index contributed by atoms with van der Waals surface area (Å²) in [5.41, 5.74) is 7.55. The van der Waals surface area contributed by atoms with Gasteiger partial charge in [-0.15, -0.1) is 0 Å². The summed E-state index contributed by atoms with van der Waals surface area (Å²) < 4.78 is 6.61. The van der Waals surface area contributed by atoms with Crippen LogP contribution in [0.15, 0.2) is 0 Å². The maximum absolute atomic E-state index is 11.9. The first-order valence-corrected chi connectivity index (χ1v) is 7.13. The van der Waals surface area contributed by atoms with Gasteiger partial charge >= 0.3 is 5.97 Å². The zero-order valence-electron chi connectivity index (χ0n) is 11.8. The minimum absolute atomic E-state index is 0.365. The van der Waals surface area contributed by atoms with E-state index in [2.05, 4.69) is 12.0 Å². The molecule has 106 valence electrons. The fourth-order valence-corrected chi connectivity index (χ4v) is 2.83. The monoisotopic (exact) mass is 265 g/mol. The van der Waals surface area contributed by atoms with E-state index >= 15 is 0 Å². The highest BCUT2D eigenvalue weighted by Crippen LogP contribution is 2.39. The molecule has 2 N–H and O–H groups in total. The van der Waals surface area contributed by atoms with Gasteiger partial charge < -0.3 is 10.5 Å². The molecule has 0 radical (unpaired) electrons. The average Bonchev–Trinajstić information content (AvgIpc) is 3.03. The minimum Gasteiger partial charge on any atom is -0.464 e. The Hall–Kier alpha value is -1.52. The van der Waals surface area contributed by atoms with Gasteiger partial charge in [0.05, 0.1) is 7.11 Å². The Morgan fingerprint density at radius 3 is 2.74 bits per heavy atom. The number of carbonyl (C=O) groups excluding carboxylic acids is 1. The topological polar surface area (TPSA) is 70.1 Å². The van der Waals surface area contributed by atoms with Crippen molar-refractivity contribution in [2.45, 2.75) is 57.9 Å². The van der Waals surface area contributed by atoms with Gasteiger partial charge in [-0.25, -0.2) is 9.48 Å². The second kappa shape index (κ2) is 6.08. The highest BCUT2D eigenvalue weighted by molar-refractivity contribution is 5.90. The summed E-state index contributed by atoms with van der Waals surface area (Å²) in [7, 11) is 1.39. The molecule has 19 heavy (non-hydrogen) atoms. The van der Waals surface area contributed by atoms with Crippen LogP contribution in [0, 0.1) is 0 Å². The SMILES string of the molecule is CCCCn1nc(C(=O)OC)c(C2CCCC2)c1N. The second-order valence-corrected chi connectivity index (χ2v) is 5.20. The number of methoxy groups -OCH3 is 1. The second-order valence-electron chi connectivity index (χ2n) is 5.20. The van der Waals surface area contributed by atoms with Crippen molar-refractivity contribution in [3.63, 3.8) is 0 Å². The maximum Gasteiger partial charge on any atom is 0.358 e. The van der Waals surface area contributed by atoms with Gasteiger partial charge in [0.1, 0.15) is 5.82 Å². The van der Waals surface area contributed by atoms with Crippen LogP contribution in [0.3, 0.4) is 0 Å². The molecule has 0 unspecified atom stereocenters. The standard InChI is InChI=1S/C14H23N3O2/c1-3-4-9-17-13(15)11(10-7-5-6-8-10)12(16-17)14(18)19-2/h10H,3-9,15H2,1-2H3. The van der Waals surface area contributed by atoms with Crippen molar-refractivity contribution >= 4 is 11.8 Å². The van der Waals surface area contributed by atoms with Crippen LogP contribution in [0.1, 0.15) is 67.4 Å². The molecule has 1 aliphatic rings. The number of nitrogens with two attached hydrogens (primary N) is 1. The van der Waals surface area contributed by atoms with Gasteiger partial charge in [-0.1, -0.05) is 26.2 Å². The highest BCUT2D eigenvalue weighted by Gasteiger charge is 2.29. The third-order valence-corrected chi connectivity index (χ3v) is 3.90. The summed E-state index contributed by atoms with van der Waals surface area (Å²) in [6.45, 7) is 2.89. The Kier molecular flexibility index (Phi) is 4.45. The van der Waals surface area contributed by atoms with Crippen LogP contribution < -0.4 is 5.73 Å². The molecule has 5 heteroatoms. The fourth-order valence-electron chi connectivity index (χ4n) is 2.83. The van der Waals surface area contributed by atoms with E-state index in [0.717, 1.165) is 37.8 Å². The van der Waals surface area contributed by atoms with Crippen LogP contribution in [0.2, 0.25) is 0 Å². The largest absolute Gasteiger partial charge is 0.464 e. The van der Waals surface area contributed by atoms with Crippen molar-refractivity contribution < 1.29 is 9.53 Å². The third kappa shape index (κ3) is 2.74. The van der Waals surface area contributed by atoms with Crippen LogP contribution >= 0.6 is 0 Å². The summed E-state index contributed by atoms with van der Waals surface area (Å²) in [5, 5.41) is 4.38. The van der Waals surface area contributed by atoms with Crippen molar-refractivity contribution in [3.05, 3.63) is 11.3 Å². The normalized spacial score (nSPS) is 15.9. The van der Waals surface area contributed by atoms with Crippen molar-refractivity contribution in [3.8, 4) is 0 Å². The molecule has 0 aromatic carbocycles. The highest BCUT2D eigenvalue weighted by atomic mass is 16.5. The van der Waals surface area contributed by atoms with Gasteiger partial charge in [0, 0.05) is 12.1 Å². The molecule has 1 aromatic heterocycles. The Morgan fingerprint density at radius 1 is 1.47 bits per heavy atom. The number of aryl methyl sites for hydroxylation is 1. The number of ether oxygens (including phenoxy) is 1. The third-order valence-electron chi connectivity index (χ3n) is 3.90. The van der Waals surface area contributed by atoms with Gasteiger partial charge in [-0.3, -0.25) is 0 Å². The Balaban J connectivity index is 2.36. The van der Waals surface area contributed by atoms with E-state index in [-0.39, 0.29) is 5.97 Å². The first kappa shape index (κ1) is 13.9. The van der Waals surface area contributed by atoms with Gasteiger partial charge in [0.15, 0.2) is 5.69 Å². The molecule has 2 rings (SSSR count). The van der Waals surface area contributed by atoms with Gasteiger partial charge in [-0.2, -0.15) is 5.10 Å². The zero-order chi connectivity index (χ0) is 13.8. The van der Waals surface area contributed by atoms with Gasteiger partial charge in [0.25, 0.3) is 0 Å². The fraction of sp³-hybridized carbons (Fsp3) is 0.714. The summed E-state index contributed by atoms with van der Waals surface area (Å²) in [6.07, 6.45) is 6.67. The molecule has 0 saturated heterocycles. The van der Waals surface area contributed by atoms with Crippen molar-refractivity contribution in [1.82, 2.24) is 9.78 Å². The van der Waals surface area contributed by atoms with Crippen LogP contribution in [-0.2, 0) is 11.3 Å². The average molecular weight is 265 g/mol. The number of nitrogen functional groups attached to an aromatic ring is 1. The first-order chi connectivity index (χ1) is 9.19. The van der Waals surface area contributed by atoms with Crippen molar-refractivity contribution in [2.24, 2.45) is 0 Å². The van der Waals surface area contributed by atoms with E-state index in [9.17, 15) is 4.79 Å². The molecule has 1 saturated carbocycles.